The fourth-order valence-corrected chi connectivity index (χ4v) is 0.642. The maximum absolute atomic E-state index is 9.43. The number of rotatable bonds is 2. The zero-order valence-electron chi connectivity index (χ0n) is 9.14. The van der Waals surface area contributed by atoms with Gasteiger partial charge in [-0.05, 0) is 12.1 Å². The quantitative estimate of drug-likeness (QED) is 0.656. The number of carbonyl (C=O) groups is 1. The Bertz CT molecular complexity index is 247. The van der Waals surface area contributed by atoms with E-state index in [1.54, 1.807) is 26.5 Å². The minimum absolute atomic E-state index is 0.750. The van der Waals surface area contributed by atoms with Crippen molar-refractivity contribution < 1.29 is 4.79 Å². The van der Waals surface area contributed by atoms with E-state index in [0.29, 0.717) is 0 Å². The smallest absolute Gasteiger partial charge is 0.209 e. The van der Waals surface area contributed by atoms with E-state index in [2.05, 4.69) is 4.98 Å². The third-order valence-corrected chi connectivity index (χ3v) is 1.39. The molecule has 1 aromatic heterocycles. The van der Waals surface area contributed by atoms with Gasteiger partial charge in [-0.3, -0.25) is 9.78 Å². The molecule has 1 rings (SSSR count). The van der Waals surface area contributed by atoms with Gasteiger partial charge >= 0.3 is 0 Å². The van der Waals surface area contributed by atoms with Crippen LogP contribution in [0, 0.1) is 0 Å². The molecule has 0 atom stereocenters. The summed E-state index contributed by atoms with van der Waals surface area (Å²) in [7, 11) is 7.39. The first-order valence-electron chi connectivity index (χ1n) is 4.27. The molecule has 0 radical (unpaired) electrons. The molecule has 1 aromatic rings. The summed E-state index contributed by atoms with van der Waals surface area (Å²) in [6.07, 6.45) is 4.32. The second kappa shape index (κ2) is 6.88. The number of amides is 1. The third kappa shape index (κ3) is 5.99. The monoisotopic (exact) mass is 195 g/mol. The minimum Gasteiger partial charge on any atom is -0.378 e. The number of carbonyl (C=O) groups excluding carboxylic acids is 1. The van der Waals surface area contributed by atoms with Crippen LogP contribution in [-0.4, -0.2) is 44.5 Å². The molecule has 0 bridgehead atoms. The van der Waals surface area contributed by atoms with E-state index in [4.69, 9.17) is 0 Å². The molecular formula is C10H17N3O. The Balaban J connectivity index is 0.000000292. The van der Waals surface area contributed by atoms with Crippen molar-refractivity contribution in [1.29, 1.82) is 0 Å². The summed E-state index contributed by atoms with van der Waals surface area (Å²) in [6, 6.07) is 3.94. The second-order valence-corrected chi connectivity index (χ2v) is 3.17. The molecule has 0 aliphatic heterocycles. The van der Waals surface area contributed by atoms with E-state index in [-0.39, 0.29) is 0 Å². The summed E-state index contributed by atoms with van der Waals surface area (Å²) in [5, 5.41) is 0. The number of pyridine rings is 1. The van der Waals surface area contributed by atoms with Gasteiger partial charge in [-0.15, -0.1) is 0 Å². The van der Waals surface area contributed by atoms with E-state index in [0.717, 1.165) is 6.41 Å². The zero-order chi connectivity index (χ0) is 11.0. The van der Waals surface area contributed by atoms with Crippen LogP contribution in [0.4, 0.5) is 5.69 Å². The average Bonchev–Trinajstić information content (AvgIpc) is 2.20. The van der Waals surface area contributed by atoms with E-state index < -0.39 is 0 Å². The maximum atomic E-state index is 9.43. The summed E-state index contributed by atoms with van der Waals surface area (Å²) in [4.78, 5) is 16.8. The first-order valence-corrected chi connectivity index (χ1v) is 4.27. The van der Waals surface area contributed by atoms with Crippen molar-refractivity contribution >= 4 is 12.1 Å². The largest absolute Gasteiger partial charge is 0.378 e. The number of hydrogen-bond acceptors (Lipinski definition) is 3. The van der Waals surface area contributed by atoms with Crippen molar-refractivity contribution in [2.24, 2.45) is 0 Å². The number of nitrogens with zero attached hydrogens (tertiary/aromatic N) is 3. The van der Waals surface area contributed by atoms with E-state index in [1.165, 1.54) is 10.6 Å². The maximum Gasteiger partial charge on any atom is 0.209 e. The molecule has 4 heteroatoms. The summed E-state index contributed by atoms with van der Waals surface area (Å²) in [6.45, 7) is 0. The Labute approximate surface area is 85.2 Å². The summed E-state index contributed by atoms with van der Waals surface area (Å²) in [5.74, 6) is 0. The second-order valence-electron chi connectivity index (χ2n) is 3.17. The normalized spacial score (nSPS) is 8.29. The molecule has 1 amide bonds. The highest BCUT2D eigenvalue weighted by molar-refractivity contribution is 5.45. The van der Waals surface area contributed by atoms with Gasteiger partial charge in [-0.1, -0.05) is 0 Å². The molecular weight excluding hydrogens is 178 g/mol. The van der Waals surface area contributed by atoms with Crippen molar-refractivity contribution in [3.05, 3.63) is 24.5 Å². The molecule has 0 saturated carbocycles. The Hall–Kier alpha value is -1.58. The van der Waals surface area contributed by atoms with Crippen molar-refractivity contribution in [2.75, 3.05) is 33.1 Å². The van der Waals surface area contributed by atoms with Gasteiger partial charge in [0.1, 0.15) is 0 Å². The molecule has 0 spiro atoms. The first-order chi connectivity index (χ1) is 6.57. The van der Waals surface area contributed by atoms with Crippen LogP contribution in [0.3, 0.4) is 0 Å². The molecule has 0 aliphatic rings. The average molecular weight is 195 g/mol. The summed E-state index contributed by atoms with van der Waals surface area (Å²) >= 11 is 0. The van der Waals surface area contributed by atoms with Crippen LogP contribution in [0.25, 0.3) is 0 Å². The Morgan fingerprint density at radius 1 is 1.14 bits per heavy atom. The lowest BCUT2D eigenvalue weighted by atomic mass is 10.4. The molecule has 0 aromatic carbocycles. The van der Waals surface area contributed by atoms with Gasteiger partial charge in [0.15, 0.2) is 0 Å². The highest BCUT2D eigenvalue weighted by Gasteiger charge is 1.88. The molecule has 0 N–H and O–H groups in total. The van der Waals surface area contributed by atoms with Crippen molar-refractivity contribution in [2.45, 2.75) is 0 Å². The number of anilines is 1. The molecule has 78 valence electrons. The van der Waals surface area contributed by atoms with Gasteiger partial charge in [-0.25, -0.2) is 0 Å². The van der Waals surface area contributed by atoms with Gasteiger partial charge < -0.3 is 9.80 Å². The molecule has 0 saturated heterocycles. The lowest BCUT2D eigenvalue weighted by Gasteiger charge is -2.10. The Morgan fingerprint density at radius 3 is 1.79 bits per heavy atom. The predicted octanol–water partition coefficient (Wildman–Crippen LogP) is 0.852. The molecule has 1 heterocycles. The van der Waals surface area contributed by atoms with Crippen molar-refractivity contribution in [3.63, 3.8) is 0 Å². The molecule has 0 unspecified atom stereocenters. The van der Waals surface area contributed by atoms with Crippen molar-refractivity contribution in [3.8, 4) is 0 Å². The van der Waals surface area contributed by atoms with Crippen LogP contribution in [0.5, 0.6) is 0 Å². The fourth-order valence-electron chi connectivity index (χ4n) is 0.642. The van der Waals surface area contributed by atoms with E-state index in [1.807, 2.05) is 31.1 Å². The topological polar surface area (TPSA) is 36.4 Å². The molecule has 4 nitrogen and oxygen atoms in total. The highest BCUT2D eigenvalue weighted by Crippen LogP contribution is 2.05. The van der Waals surface area contributed by atoms with Crippen LogP contribution < -0.4 is 4.90 Å². The zero-order valence-corrected chi connectivity index (χ0v) is 9.14. The predicted molar refractivity (Wildman–Crippen MR) is 58.3 cm³/mol. The first kappa shape index (κ1) is 12.4. The van der Waals surface area contributed by atoms with Crippen LogP contribution >= 0.6 is 0 Å². The Morgan fingerprint density at radius 2 is 1.57 bits per heavy atom. The summed E-state index contributed by atoms with van der Waals surface area (Å²) < 4.78 is 0. The lowest BCUT2D eigenvalue weighted by Crippen LogP contribution is -2.07. The molecule has 0 aliphatic carbocycles. The Kier molecular flexibility index (Phi) is 6.11. The summed E-state index contributed by atoms with van der Waals surface area (Å²) in [5.41, 5.74) is 1.19. The van der Waals surface area contributed by atoms with Crippen LogP contribution in [0.15, 0.2) is 24.5 Å². The SMILES string of the molecule is CN(C)C=O.CN(C)c1ccncc1. The van der Waals surface area contributed by atoms with Gasteiger partial charge in [0.25, 0.3) is 0 Å². The van der Waals surface area contributed by atoms with Crippen LogP contribution in [-0.2, 0) is 4.79 Å². The lowest BCUT2D eigenvalue weighted by molar-refractivity contribution is -0.115. The highest BCUT2D eigenvalue weighted by atomic mass is 16.1. The fraction of sp³-hybridized carbons (Fsp3) is 0.400. The van der Waals surface area contributed by atoms with E-state index in [9.17, 15) is 4.79 Å². The molecule has 0 fully saturated rings. The van der Waals surface area contributed by atoms with Crippen LogP contribution in [0.1, 0.15) is 0 Å². The van der Waals surface area contributed by atoms with Gasteiger partial charge in [0, 0.05) is 46.3 Å². The van der Waals surface area contributed by atoms with Gasteiger partial charge in [0.05, 0.1) is 0 Å². The van der Waals surface area contributed by atoms with E-state index >= 15 is 0 Å². The standard InChI is InChI=1S/C7H10N2.C3H7NO/c1-9(2)7-3-5-8-6-4-7;1-4(2)3-5/h3-6H,1-2H3;3H,1-2H3. The third-order valence-electron chi connectivity index (χ3n) is 1.39. The van der Waals surface area contributed by atoms with Gasteiger partial charge in [-0.2, -0.15) is 0 Å². The van der Waals surface area contributed by atoms with Gasteiger partial charge in [0.2, 0.25) is 6.41 Å². The number of hydrogen-bond donors (Lipinski definition) is 0. The number of aromatic nitrogens is 1. The minimum atomic E-state index is 0.750. The molecule has 14 heavy (non-hydrogen) atoms. The van der Waals surface area contributed by atoms with Crippen LogP contribution in [0.2, 0.25) is 0 Å². The van der Waals surface area contributed by atoms with Crippen molar-refractivity contribution in [1.82, 2.24) is 9.88 Å².